The average Bonchev–Trinajstić information content (AvgIpc) is 2.39. The van der Waals surface area contributed by atoms with Crippen molar-refractivity contribution in [1.82, 2.24) is 0 Å². The number of hydrogen-bond donors (Lipinski definition) is 0. The molecule has 0 aliphatic heterocycles. The van der Waals surface area contributed by atoms with Crippen LogP contribution in [0.25, 0.3) is 0 Å². The zero-order chi connectivity index (χ0) is 13.8. The van der Waals surface area contributed by atoms with E-state index in [1.165, 1.54) is 5.56 Å². The molecule has 3 heteroatoms. The highest BCUT2D eigenvalue weighted by Gasteiger charge is 2.06. The molecule has 0 aliphatic carbocycles. The molecule has 19 heavy (non-hydrogen) atoms. The fraction of sp³-hybridized carbons (Fsp3) is 0.250. The summed E-state index contributed by atoms with van der Waals surface area (Å²) in [6.07, 6.45) is 0. The molecule has 0 fully saturated rings. The molecule has 0 saturated carbocycles. The second kappa shape index (κ2) is 6.58. The van der Waals surface area contributed by atoms with Gasteiger partial charge in [-0.3, -0.25) is 0 Å². The van der Waals surface area contributed by atoms with E-state index in [0.717, 1.165) is 26.9 Å². The van der Waals surface area contributed by atoms with Gasteiger partial charge in [0.25, 0.3) is 0 Å². The molecule has 1 nitrogen and oxygen atoms in total. The van der Waals surface area contributed by atoms with Crippen molar-refractivity contribution in [2.75, 3.05) is 0 Å². The first-order valence-corrected chi connectivity index (χ1v) is 8.14. The third-order valence-electron chi connectivity index (χ3n) is 2.95. The minimum Gasteiger partial charge on any atom is -0.457 e. The molecule has 0 amide bonds. The zero-order valence-electron chi connectivity index (χ0n) is 11.0. The number of halogens is 2. The van der Waals surface area contributed by atoms with Crippen molar-refractivity contribution in [3.8, 4) is 11.5 Å². The Labute approximate surface area is 131 Å². The smallest absolute Gasteiger partial charge is 0.132 e. The molecular formula is C16H16Br2O. The van der Waals surface area contributed by atoms with E-state index in [2.05, 4.69) is 63.9 Å². The van der Waals surface area contributed by atoms with Gasteiger partial charge in [-0.25, -0.2) is 0 Å². The maximum Gasteiger partial charge on any atom is 0.132 e. The first-order chi connectivity index (χ1) is 9.10. The Morgan fingerprint density at radius 3 is 2.32 bits per heavy atom. The largest absolute Gasteiger partial charge is 0.457 e. The third-order valence-corrected chi connectivity index (χ3v) is 4.05. The van der Waals surface area contributed by atoms with Gasteiger partial charge in [-0.15, -0.1) is 0 Å². The van der Waals surface area contributed by atoms with E-state index in [1.54, 1.807) is 0 Å². The number of ether oxygens (including phenoxy) is 1. The summed E-state index contributed by atoms with van der Waals surface area (Å²) in [5, 5.41) is 0.777. The van der Waals surface area contributed by atoms with E-state index in [1.807, 2.05) is 24.3 Å². The van der Waals surface area contributed by atoms with Crippen molar-refractivity contribution >= 4 is 31.9 Å². The van der Waals surface area contributed by atoms with Gasteiger partial charge in [-0.2, -0.15) is 0 Å². The van der Waals surface area contributed by atoms with Crippen molar-refractivity contribution in [1.29, 1.82) is 0 Å². The molecular weight excluding hydrogens is 368 g/mol. The van der Waals surface area contributed by atoms with Crippen molar-refractivity contribution in [2.45, 2.75) is 25.1 Å². The highest BCUT2D eigenvalue weighted by molar-refractivity contribution is 9.10. The average molecular weight is 384 g/mol. The first kappa shape index (κ1) is 14.6. The Balaban J connectivity index is 2.23. The maximum atomic E-state index is 5.96. The Hall–Kier alpha value is -0.800. The standard InChI is InChI=1S/C16H16Br2O/c1-11(2)12-4-7-15(8-5-12)19-16-9-14(18)6-3-13(16)10-17/h3-9,11H,10H2,1-2H3. The van der Waals surface area contributed by atoms with Crippen LogP contribution in [0, 0.1) is 0 Å². The van der Waals surface area contributed by atoms with Crippen molar-refractivity contribution in [3.63, 3.8) is 0 Å². The van der Waals surface area contributed by atoms with E-state index < -0.39 is 0 Å². The Bertz CT molecular complexity index is 547. The van der Waals surface area contributed by atoms with Gasteiger partial charge in [-0.1, -0.05) is 63.9 Å². The van der Waals surface area contributed by atoms with Crippen LogP contribution in [0.3, 0.4) is 0 Å². The minimum atomic E-state index is 0.540. The van der Waals surface area contributed by atoms with Crippen molar-refractivity contribution in [3.05, 3.63) is 58.1 Å². The molecule has 0 heterocycles. The van der Waals surface area contributed by atoms with Gasteiger partial charge in [0.05, 0.1) is 0 Å². The van der Waals surface area contributed by atoms with E-state index in [9.17, 15) is 0 Å². The van der Waals surface area contributed by atoms with Crippen LogP contribution in [0.2, 0.25) is 0 Å². The number of alkyl halides is 1. The summed E-state index contributed by atoms with van der Waals surface area (Å²) < 4.78 is 6.98. The Morgan fingerprint density at radius 2 is 1.74 bits per heavy atom. The molecule has 0 saturated heterocycles. The van der Waals surface area contributed by atoms with Crippen LogP contribution in [-0.4, -0.2) is 0 Å². The van der Waals surface area contributed by atoms with Gasteiger partial charge in [0, 0.05) is 15.4 Å². The molecule has 0 radical (unpaired) electrons. The molecule has 0 aromatic heterocycles. The Morgan fingerprint density at radius 1 is 1.05 bits per heavy atom. The van der Waals surface area contributed by atoms with E-state index >= 15 is 0 Å². The predicted molar refractivity (Wildman–Crippen MR) is 87.4 cm³/mol. The molecule has 0 spiro atoms. The second-order valence-corrected chi connectivity index (χ2v) is 6.19. The molecule has 2 aromatic carbocycles. The molecule has 2 aromatic rings. The van der Waals surface area contributed by atoms with Gasteiger partial charge in [0.2, 0.25) is 0 Å². The number of rotatable bonds is 4. The first-order valence-electron chi connectivity index (χ1n) is 6.22. The molecule has 100 valence electrons. The monoisotopic (exact) mass is 382 g/mol. The fourth-order valence-corrected chi connectivity index (χ4v) is 2.58. The highest BCUT2D eigenvalue weighted by Crippen LogP contribution is 2.30. The molecule has 0 unspecified atom stereocenters. The van der Waals surface area contributed by atoms with E-state index in [4.69, 9.17) is 4.74 Å². The topological polar surface area (TPSA) is 9.23 Å². The lowest BCUT2D eigenvalue weighted by molar-refractivity contribution is 0.478. The lowest BCUT2D eigenvalue weighted by Crippen LogP contribution is -1.91. The van der Waals surface area contributed by atoms with Crippen LogP contribution < -0.4 is 4.74 Å². The van der Waals surface area contributed by atoms with Gasteiger partial charge in [0.1, 0.15) is 11.5 Å². The fourth-order valence-electron chi connectivity index (χ4n) is 1.78. The number of hydrogen-bond acceptors (Lipinski definition) is 1. The molecule has 0 bridgehead atoms. The summed E-state index contributed by atoms with van der Waals surface area (Å²) in [6, 6.07) is 14.3. The molecule has 2 rings (SSSR count). The van der Waals surface area contributed by atoms with Crippen LogP contribution >= 0.6 is 31.9 Å². The molecule has 0 atom stereocenters. The predicted octanol–water partition coefficient (Wildman–Crippen LogP) is 6.26. The minimum absolute atomic E-state index is 0.540. The zero-order valence-corrected chi connectivity index (χ0v) is 14.2. The van der Waals surface area contributed by atoms with Crippen LogP contribution in [-0.2, 0) is 5.33 Å². The van der Waals surface area contributed by atoms with Crippen LogP contribution in [0.5, 0.6) is 11.5 Å². The summed E-state index contributed by atoms with van der Waals surface area (Å²) in [5.74, 6) is 2.28. The SMILES string of the molecule is CC(C)c1ccc(Oc2cc(Br)ccc2CBr)cc1. The lowest BCUT2D eigenvalue weighted by Gasteiger charge is -2.11. The van der Waals surface area contributed by atoms with Crippen LogP contribution in [0.15, 0.2) is 46.9 Å². The van der Waals surface area contributed by atoms with Crippen LogP contribution in [0.1, 0.15) is 30.9 Å². The van der Waals surface area contributed by atoms with E-state index in [0.29, 0.717) is 5.92 Å². The van der Waals surface area contributed by atoms with Gasteiger partial charge in [-0.05, 0) is 35.7 Å². The summed E-state index contributed by atoms with van der Waals surface area (Å²) in [5.41, 5.74) is 2.46. The van der Waals surface area contributed by atoms with Gasteiger partial charge in [0.15, 0.2) is 0 Å². The summed E-state index contributed by atoms with van der Waals surface area (Å²) >= 11 is 6.96. The van der Waals surface area contributed by atoms with Crippen molar-refractivity contribution < 1.29 is 4.74 Å². The van der Waals surface area contributed by atoms with E-state index in [-0.39, 0.29) is 0 Å². The van der Waals surface area contributed by atoms with Gasteiger partial charge >= 0.3 is 0 Å². The normalized spacial score (nSPS) is 10.8. The summed E-state index contributed by atoms with van der Waals surface area (Å²) in [4.78, 5) is 0. The molecule has 0 aliphatic rings. The lowest BCUT2D eigenvalue weighted by atomic mass is 10.0. The maximum absolute atomic E-state index is 5.96. The second-order valence-electron chi connectivity index (χ2n) is 4.71. The third kappa shape index (κ3) is 3.83. The summed E-state index contributed by atoms with van der Waals surface area (Å²) in [6.45, 7) is 4.38. The van der Waals surface area contributed by atoms with Gasteiger partial charge < -0.3 is 4.74 Å². The van der Waals surface area contributed by atoms with Crippen LogP contribution in [0.4, 0.5) is 0 Å². The Kier molecular flexibility index (Phi) is 5.06. The quantitative estimate of drug-likeness (QED) is 0.566. The summed E-state index contributed by atoms with van der Waals surface area (Å²) in [7, 11) is 0. The van der Waals surface area contributed by atoms with Crippen molar-refractivity contribution in [2.24, 2.45) is 0 Å². The number of benzene rings is 2. The highest BCUT2D eigenvalue weighted by atomic mass is 79.9. The molecule has 0 N–H and O–H groups in total.